The number of urea groups is 1. The zero-order chi connectivity index (χ0) is 18.8. The number of carbonyl (C=O) groups is 2. The van der Waals surface area contributed by atoms with Gasteiger partial charge in [0.2, 0.25) is 0 Å². The molecule has 1 aliphatic heterocycles. The molecule has 1 aromatic carbocycles. The van der Waals surface area contributed by atoms with Gasteiger partial charge in [-0.2, -0.15) is 0 Å². The lowest BCUT2D eigenvalue weighted by Gasteiger charge is -2.35. The van der Waals surface area contributed by atoms with Crippen LogP contribution < -0.4 is 5.32 Å². The molecule has 3 amide bonds. The third-order valence-electron chi connectivity index (χ3n) is 5.63. The molecule has 6 nitrogen and oxygen atoms in total. The number of piperazine rings is 1. The summed E-state index contributed by atoms with van der Waals surface area (Å²) in [7, 11) is 0. The minimum absolute atomic E-state index is 0.0262. The SMILES string of the molecule is O=C(NC1CCCCC1)N1CCN(C(=O)c2cc3c(F)cccc3[nH]2)CC1. The molecule has 7 heteroatoms. The maximum atomic E-state index is 13.8. The van der Waals surface area contributed by atoms with E-state index in [1.807, 2.05) is 0 Å². The summed E-state index contributed by atoms with van der Waals surface area (Å²) in [6.07, 6.45) is 5.73. The van der Waals surface area contributed by atoms with Crippen molar-refractivity contribution in [2.75, 3.05) is 26.2 Å². The fourth-order valence-corrected chi connectivity index (χ4v) is 4.03. The molecule has 0 spiro atoms. The Hall–Kier alpha value is -2.57. The lowest BCUT2D eigenvalue weighted by molar-refractivity contribution is 0.0657. The molecule has 1 saturated carbocycles. The van der Waals surface area contributed by atoms with Crippen LogP contribution >= 0.6 is 0 Å². The van der Waals surface area contributed by atoms with Crippen molar-refractivity contribution < 1.29 is 14.0 Å². The Balaban J connectivity index is 1.34. The number of rotatable bonds is 2. The van der Waals surface area contributed by atoms with Crippen LogP contribution in [0.2, 0.25) is 0 Å². The van der Waals surface area contributed by atoms with Gasteiger partial charge in [0.25, 0.3) is 5.91 Å². The Labute approximate surface area is 157 Å². The maximum Gasteiger partial charge on any atom is 0.317 e. The molecule has 2 aromatic rings. The molecule has 2 N–H and O–H groups in total. The summed E-state index contributed by atoms with van der Waals surface area (Å²) < 4.78 is 13.8. The number of benzene rings is 1. The first-order chi connectivity index (χ1) is 13.1. The van der Waals surface area contributed by atoms with E-state index in [9.17, 15) is 14.0 Å². The number of carbonyl (C=O) groups excluding carboxylic acids is 2. The van der Waals surface area contributed by atoms with Crippen molar-refractivity contribution in [1.29, 1.82) is 0 Å². The number of fused-ring (bicyclic) bond motifs is 1. The van der Waals surface area contributed by atoms with Gasteiger partial charge in [0.1, 0.15) is 11.5 Å². The Morgan fingerprint density at radius 3 is 2.44 bits per heavy atom. The highest BCUT2D eigenvalue weighted by Gasteiger charge is 2.27. The summed E-state index contributed by atoms with van der Waals surface area (Å²) >= 11 is 0. The van der Waals surface area contributed by atoms with Gasteiger partial charge >= 0.3 is 6.03 Å². The summed E-state index contributed by atoms with van der Waals surface area (Å²) in [6, 6.07) is 6.58. The molecule has 1 aromatic heterocycles. The molecule has 2 aliphatic rings. The molecule has 4 rings (SSSR count). The van der Waals surface area contributed by atoms with Crippen LogP contribution in [0.3, 0.4) is 0 Å². The largest absolute Gasteiger partial charge is 0.350 e. The van der Waals surface area contributed by atoms with E-state index >= 15 is 0 Å². The first kappa shape index (κ1) is 17.8. The second kappa shape index (κ2) is 7.58. The van der Waals surface area contributed by atoms with Gasteiger partial charge in [0.15, 0.2) is 0 Å². The lowest BCUT2D eigenvalue weighted by atomic mass is 9.96. The van der Waals surface area contributed by atoms with E-state index in [-0.39, 0.29) is 23.8 Å². The van der Waals surface area contributed by atoms with Crippen LogP contribution in [0.15, 0.2) is 24.3 Å². The summed E-state index contributed by atoms with van der Waals surface area (Å²) in [4.78, 5) is 31.7. The summed E-state index contributed by atoms with van der Waals surface area (Å²) in [5, 5.41) is 3.55. The molecule has 0 atom stereocenters. The Kier molecular flexibility index (Phi) is 5.01. The van der Waals surface area contributed by atoms with Crippen molar-refractivity contribution in [1.82, 2.24) is 20.1 Å². The summed E-state index contributed by atoms with van der Waals surface area (Å²) in [5.74, 6) is -0.495. The van der Waals surface area contributed by atoms with E-state index < -0.39 is 0 Å². The molecule has 2 fully saturated rings. The van der Waals surface area contributed by atoms with E-state index in [1.54, 1.807) is 28.0 Å². The first-order valence-corrected chi connectivity index (χ1v) is 9.74. The predicted octanol–water partition coefficient (Wildman–Crippen LogP) is 3.11. The highest BCUT2D eigenvalue weighted by molar-refractivity contribution is 5.98. The third-order valence-corrected chi connectivity index (χ3v) is 5.63. The van der Waals surface area contributed by atoms with Crippen molar-refractivity contribution in [2.45, 2.75) is 38.1 Å². The van der Waals surface area contributed by atoms with Gasteiger partial charge < -0.3 is 20.1 Å². The number of nitrogens with one attached hydrogen (secondary N) is 2. The van der Waals surface area contributed by atoms with Crippen molar-refractivity contribution in [3.63, 3.8) is 0 Å². The molecular weight excluding hydrogens is 347 g/mol. The third kappa shape index (κ3) is 3.77. The highest BCUT2D eigenvalue weighted by Crippen LogP contribution is 2.20. The number of amides is 3. The molecule has 144 valence electrons. The smallest absolute Gasteiger partial charge is 0.317 e. The van der Waals surface area contributed by atoms with Crippen LogP contribution in [0.5, 0.6) is 0 Å². The molecule has 27 heavy (non-hydrogen) atoms. The molecule has 1 saturated heterocycles. The van der Waals surface area contributed by atoms with E-state index in [0.29, 0.717) is 42.8 Å². The monoisotopic (exact) mass is 372 g/mol. The number of aromatic nitrogens is 1. The number of halogens is 1. The summed E-state index contributed by atoms with van der Waals surface area (Å²) in [5.41, 5.74) is 0.999. The number of H-pyrrole nitrogens is 1. The molecule has 0 bridgehead atoms. The maximum absolute atomic E-state index is 13.8. The van der Waals surface area contributed by atoms with E-state index in [1.165, 1.54) is 25.3 Å². The van der Waals surface area contributed by atoms with Gasteiger partial charge in [0.05, 0.1) is 0 Å². The van der Waals surface area contributed by atoms with Crippen LogP contribution in [-0.2, 0) is 0 Å². The number of aromatic amines is 1. The van der Waals surface area contributed by atoms with Gasteiger partial charge in [0, 0.05) is 43.1 Å². The molecule has 2 heterocycles. The number of nitrogens with zero attached hydrogens (tertiary/aromatic N) is 2. The molecule has 0 radical (unpaired) electrons. The normalized spacial score (nSPS) is 18.7. The fraction of sp³-hybridized carbons (Fsp3) is 0.500. The van der Waals surface area contributed by atoms with E-state index in [2.05, 4.69) is 10.3 Å². The zero-order valence-corrected chi connectivity index (χ0v) is 15.3. The predicted molar refractivity (Wildman–Crippen MR) is 101 cm³/mol. The minimum Gasteiger partial charge on any atom is -0.350 e. The van der Waals surface area contributed by atoms with Gasteiger partial charge in [-0.25, -0.2) is 9.18 Å². The van der Waals surface area contributed by atoms with Crippen molar-refractivity contribution >= 4 is 22.8 Å². The Morgan fingerprint density at radius 2 is 1.74 bits per heavy atom. The number of hydrogen-bond donors (Lipinski definition) is 2. The minimum atomic E-state index is -0.341. The number of hydrogen-bond acceptors (Lipinski definition) is 2. The first-order valence-electron chi connectivity index (χ1n) is 9.74. The average Bonchev–Trinajstić information content (AvgIpc) is 3.14. The molecular formula is C20H25FN4O2. The van der Waals surface area contributed by atoms with Gasteiger partial charge in [-0.15, -0.1) is 0 Å². The second-order valence-electron chi connectivity index (χ2n) is 7.45. The van der Waals surface area contributed by atoms with Crippen LogP contribution in [0.1, 0.15) is 42.6 Å². The quantitative estimate of drug-likeness (QED) is 0.851. The van der Waals surface area contributed by atoms with E-state index in [4.69, 9.17) is 0 Å². The molecule has 0 unspecified atom stereocenters. The standard InChI is InChI=1S/C20H25FN4O2/c21-16-7-4-8-17-15(16)13-18(23-17)19(26)24-9-11-25(12-10-24)20(27)22-14-5-2-1-3-6-14/h4,7-8,13-14,23H,1-3,5-6,9-12H2,(H,22,27). The van der Waals surface area contributed by atoms with Crippen molar-refractivity contribution in [3.8, 4) is 0 Å². The van der Waals surface area contributed by atoms with Crippen LogP contribution in [0.25, 0.3) is 10.9 Å². The second-order valence-corrected chi connectivity index (χ2v) is 7.45. The van der Waals surface area contributed by atoms with Crippen LogP contribution in [-0.4, -0.2) is 58.9 Å². The van der Waals surface area contributed by atoms with E-state index in [0.717, 1.165) is 12.8 Å². The molecule has 1 aliphatic carbocycles. The average molecular weight is 372 g/mol. The van der Waals surface area contributed by atoms with Crippen LogP contribution in [0.4, 0.5) is 9.18 Å². The fourth-order valence-electron chi connectivity index (χ4n) is 4.03. The summed E-state index contributed by atoms with van der Waals surface area (Å²) in [6.45, 7) is 1.99. The van der Waals surface area contributed by atoms with Crippen molar-refractivity contribution in [3.05, 3.63) is 35.8 Å². The topological polar surface area (TPSA) is 68.4 Å². The van der Waals surface area contributed by atoms with Gasteiger partial charge in [-0.3, -0.25) is 4.79 Å². The van der Waals surface area contributed by atoms with Gasteiger partial charge in [-0.05, 0) is 31.0 Å². The van der Waals surface area contributed by atoms with Crippen LogP contribution in [0, 0.1) is 5.82 Å². The zero-order valence-electron chi connectivity index (χ0n) is 15.3. The Bertz CT molecular complexity index is 836. The lowest BCUT2D eigenvalue weighted by Crippen LogP contribution is -2.54. The van der Waals surface area contributed by atoms with Gasteiger partial charge in [-0.1, -0.05) is 25.3 Å². The van der Waals surface area contributed by atoms with Crippen molar-refractivity contribution in [2.24, 2.45) is 0 Å². The Morgan fingerprint density at radius 1 is 1.04 bits per heavy atom. The highest BCUT2D eigenvalue weighted by atomic mass is 19.1.